The van der Waals surface area contributed by atoms with Crippen LogP contribution in [-0.2, 0) is 37.0 Å². The van der Waals surface area contributed by atoms with E-state index in [1.54, 1.807) is 11.7 Å². The third-order valence-electron chi connectivity index (χ3n) is 9.33. The van der Waals surface area contributed by atoms with E-state index >= 15 is 0 Å². The molecule has 0 bridgehead atoms. The maximum Gasteiger partial charge on any atom is 0.328 e. The van der Waals surface area contributed by atoms with E-state index in [1.807, 2.05) is 12.1 Å². The number of hydrogen-bond acceptors (Lipinski definition) is 12. The highest BCUT2D eigenvalue weighted by atomic mass is 16.6. The molecule has 1 atom stereocenters. The van der Waals surface area contributed by atoms with Crippen molar-refractivity contribution in [3.63, 3.8) is 0 Å². The molecule has 1 aromatic carbocycles. The number of amides is 3. The minimum atomic E-state index is -0.714. The van der Waals surface area contributed by atoms with Gasteiger partial charge in [0.05, 0.1) is 19.8 Å². The third kappa shape index (κ3) is 13.4. The summed E-state index contributed by atoms with van der Waals surface area (Å²) in [5, 5.41) is 8.52. The van der Waals surface area contributed by atoms with Crippen LogP contribution in [0.5, 0.6) is 6.01 Å². The van der Waals surface area contributed by atoms with Crippen LogP contribution in [0.3, 0.4) is 0 Å². The lowest BCUT2D eigenvalue weighted by Gasteiger charge is -2.32. The van der Waals surface area contributed by atoms with Crippen molar-refractivity contribution in [1.82, 2.24) is 40.4 Å². The minimum absolute atomic E-state index is 0.0848. The molecular formula is C36H56N10O7. The normalized spacial score (nSPS) is 14.2. The topological polar surface area (TPSA) is 234 Å². The molecule has 4 rings (SSSR count). The molecule has 1 aliphatic heterocycles. The fourth-order valence-electron chi connectivity index (χ4n) is 6.26. The molecule has 2 aromatic heterocycles. The monoisotopic (exact) mass is 740 g/mol. The van der Waals surface area contributed by atoms with Crippen molar-refractivity contribution in [3.8, 4) is 6.01 Å². The van der Waals surface area contributed by atoms with Gasteiger partial charge in [0, 0.05) is 33.2 Å². The summed E-state index contributed by atoms with van der Waals surface area (Å²) in [5.74, 6) is 4.91. The first kappa shape index (κ1) is 41.2. The number of aromatic amines is 1. The van der Waals surface area contributed by atoms with Crippen LogP contribution in [0.15, 0.2) is 29.1 Å². The number of H-pyrrole nitrogens is 1. The number of benzene rings is 1. The Labute approximate surface area is 309 Å². The molecule has 8 N–H and O–H groups in total. The zero-order valence-electron chi connectivity index (χ0n) is 31.0. The fourth-order valence-corrected chi connectivity index (χ4v) is 6.26. The standard InChI is InChI=1S/C36H56N10O7/c1-3-4-20-52-35-43-32(37)31-33(44-35)46(36(50)42-31)23-27-10-8-26(9-11-27)22-45-18-13-25(14-19-45)12-17-40-34(49)28(41-30(48)24-53-38)7-5-6-16-39-29(47)15-21-51-2/h8-11,25,28H,3-7,12-24,38H2,1-2H3,(H,39,47)(H,40,49)(H,41,48)(H,42,50)(H2,37,43,44)/t28-/m0/s1. The Hall–Kier alpha value is -4.58. The molecule has 1 fully saturated rings. The van der Waals surface area contributed by atoms with E-state index in [-0.39, 0.29) is 35.9 Å². The molecule has 17 heteroatoms. The average molecular weight is 741 g/mol. The van der Waals surface area contributed by atoms with Crippen LogP contribution < -0.4 is 38.0 Å². The number of ether oxygens (including phenoxy) is 2. The summed E-state index contributed by atoms with van der Waals surface area (Å²) in [5.41, 5.74) is 8.74. The van der Waals surface area contributed by atoms with Crippen molar-refractivity contribution in [2.75, 3.05) is 58.8 Å². The van der Waals surface area contributed by atoms with E-state index in [1.165, 1.54) is 5.56 Å². The number of anilines is 1. The zero-order chi connectivity index (χ0) is 38.0. The number of unbranched alkanes of at least 4 members (excludes halogenated alkanes) is 2. The van der Waals surface area contributed by atoms with Gasteiger partial charge in [-0.3, -0.25) is 28.7 Å². The lowest BCUT2D eigenvalue weighted by molar-refractivity contribution is -0.131. The van der Waals surface area contributed by atoms with Crippen molar-refractivity contribution in [2.24, 2.45) is 11.8 Å². The Morgan fingerprint density at radius 3 is 2.42 bits per heavy atom. The zero-order valence-corrected chi connectivity index (χ0v) is 31.0. The Morgan fingerprint density at radius 1 is 0.981 bits per heavy atom. The highest BCUT2D eigenvalue weighted by Crippen LogP contribution is 2.22. The predicted octanol–water partition coefficient (Wildman–Crippen LogP) is 1.35. The van der Waals surface area contributed by atoms with Crippen molar-refractivity contribution in [2.45, 2.75) is 83.8 Å². The molecule has 0 saturated carbocycles. The number of carbonyl (C=O) groups excluding carboxylic acids is 3. The second kappa shape index (κ2) is 21.8. The number of carbonyl (C=O) groups is 3. The highest BCUT2D eigenvalue weighted by molar-refractivity contribution is 5.88. The van der Waals surface area contributed by atoms with Crippen molar-refractivity contribution >= 4 is 34.7 Å². The van der Waals surface area contributed by atoms with Crippen LogP contribution in [0.4, 0.5) is 5.82 Å². The summed E-state index contributed by atoms with van der Waals surface area (Å²) in [6.45, 7) is 6.63. The number of methoxy groups -OCH3 is 1. The van der Waals surface area contributed by atoms with Crippen LogP contribution in [0.1, 0.15) is 75.8 Å². The molecule has 3 aromatic rings. The summed E-state index contributed by atoms with van der Waals surface area (Å²) in [4.78, 5) is 67.9. The average Bonchev–Trinajstić information content (AvgIpc) is 3.46. The van der Waals surface area contributed by atoms with Crippen LogP contribution in [-0.4, -0.2) is 101 Å². The van der Waals surface area contributed by atoms with Crippen molar-refractivity contribution in [3.05, 3.63) is 45.9 Å². The maximum absolute atomic E-state index is 13.0. The lowest BCUT2D eigenvalue weighted by Crippen LogP contribution is -2.48. The lowest BCUT2D eigenvalue weighted by atomic mass is 9.93. The number of fused-ring (bicyclic) bond motifs is 1. The quantitative estimate of drug-likeness (QED) is 0.0598. The van der Waals surface area contributed by atoms with E-state index in [0.717, 1.165) is 57.3 Å². The van der Waals surface area contributed by atoms with Crippen LogP contribution >= 0.6 is 0 Å². The number of nitrogens with two attached hydrogens (primary N) is 2. The summed E-state index contributed by atoms with van der Waals surface area (Å²) >= 11 is 0. The number of nitrogens with zero attached hydrogens (tertiary/aromatic N) is 4. The Morgan fingerprint density at radius 2 is 1.72 bits per heavy atom. The van der Waals surface area contributed by atoms with Gasteiger partial charge in [-0.2, -0.15) is 9.97 Å². The fraction of sp³-hybridized carbons (Fsp3) is 0.611. The second-order valence-electron chi connectivity index (χ2n) is 13.4. The summed E-state index contributed by atoms with van der Waals surface area (Å²) in [7, 11) is 1.55. The van der Waals surface area contributed by atoms with Gasteiger partial charge >= 0.3 is 11.7 Å². The predicted molar refractivity (Wildman–Crippen MR) is 200 cm³/mol. The smallest absolute Gasteiger partial charge is 0.328 e. The first-order valence-electron chi connectivity index (χ1n) is 18.5. The van der Waals surface area contributed by atoms with Gasteiger partial charge in [-0.25, -0.2) is 10.7 Å². The van der Waals surface area contributed by atoms with E-state index in [9.17, 15) is 19.2 Å². The molecule has 3 amide bonds. The van der Waals surface area contributed by atoms with Crippen molar-refractivity contribution < 1.29 is 28.7 Å². The molecule has 0 radical (unpaired) electrons. The molecule has 53 heavy (non-hydrogen) atoms. The van der Waals surface area contributed by atoms with E-state index in [2.05, 4.69) is 59.7 Å². The first-order valence-corrected chi connectivity index (χ1v) is 18.5. The number of nitrogen functional groups attached to an aromatic ring is 1. The molecule has 0 unspecified atom stereocenters. The third-order valence-corrected chi connectivity index (χ3v) is 9.33. The number of piperidine rings is 1. The van der Waals surface area contributed by atoms with Crippen LogP contribution in [0.25, 0.3) is 11.2 Å². The van der Waals surface area contributed by atoms with Gasteiger partial charge in [-0.05, 0) is 75.1 Å². The number of likely N-dealkylation sites (tertiary alicyclic amines) is 1. The van der Waals surface area contributed by atoms with E-state index < -0.39 is 11.9 Å². The molecule has 17 nitrogen and oxygen atoms in total. The number of imidazole rings is 1. The van der Waals surface area contributed by atoms with Gasteiger partial charge in [-0.1, -0.05) is 37.6 Å². The van der Waals surface area contributed by atoms with Crippen LogP contribution in [0.2, 0.25) is 0 Å². The number of nitrogens with one attached hydrogen (secondary N) is 4. The van der Waals surface area contributed by atoms with Gasteiger partial charge in [0.15, 0.2) is 11.5 Å². The summed E-state index contributed by atoms with van der Waals surface area (Å²) in [6, 6.07) is 7.69. The molecule has 0 aliphatic carbocycles. The van der Waals surface area contributed by atoms with Gasteiger partial charge in [0.25, 0.3) is 0 Å². The van der Waals surface area contributed by atoms with Gasteiger partial charge < -0.3 is 36.1 Å². The highest BCUT2D eigenvalue weighted by Gasteiger charge is 2.23. The molecule has 292 valence electrons. The second-order valence-corrected chi connectivity index (χ2v) is 13.4. The number of hydrogen-bond donors (Lipinski definition) is 6. The Balaban J connectivity index is 1.19. The maximum atomic E-state index is 13.0. The number of aromatic nitrogens is 4. The summed E-state index contributed by atoms with van der Waals surface area (Å²) < 4.78 is 12.1. The van der Waals surface area contributed by atoms with Gasteiger partial charge in [0.1, 0.15) is 18.2 Å². The van der Waals surface area contributed by atoms with Crippen LogP contribution in [0, 0.1) is 5.92 Å². The van der Waals surface area contributed by atoms with E-state index in [0.29, 0.717) is 75.6 Å². The van der Waals surface area contributed by atoms with Crippen molar-refractivity contribution in [1.29, 1.82) is 0 Å². The molecule has 1 aliphatic rings. The Bertz CT molecular complexity index is 1650. The largest absolute Gasteiger partial charge is 0.463 e. The number of rotatable bonds is 23. The molecule has 1 saturated heterocycles. The Kier molecular flexibility index (Phi) is 17.0. The minimum Gasteiger partial charge on any atom is -0.463 e. The molecule has 0 spiro atoms. The summed E-state index contributed by atoms with van der Waals surface area (Å²) in [6.07, 6.45) is 6.78. The molecule has 3 heterocycles. The van der Waals surface area contributed by atoms with E-state index in [4.69, 9.17) is 21.1 Å². The SMILES string of the molecule is CCCCOc1nc(N)c2[nH]c(=O)n(Cc3ccc(CN4CCC(CCNC(=O)[C@H](CCCCNC(=O)CCOC)NC(=O)CON)CC4)cc3)c2n1. The first-order chi connectivity index (χ1) is 25.7. The molecular weight excluding hydrogens is 684 g/mol. The van der Waals surface area contributed by atoms with Gasteiger partial charge in [-0.15, -0.1) is 0 Å². The van der Waals surface area contributed by atoms with Gasteiger partial charge in [0.2, 0.25) is 17.7 Å².